The number of urea groups is 1. The maximum Gasteiger partial charge on any atom is 0.332 e. The van der Waals surface area contributed by atoms with E-state index in [9.17, 15) is 14.7 Å². The van der Waals surface area contributed by atoms with E-state index in [1.165, 1.54) is 0 Å². The van der Waals surface area contributed by atoms with Gasteiger partial charge in [-0.3, -0.25) is 0 Å². The van der Waals surface area contributed by atoms with E-state index in [2.05, 4.69) is 12.2 Å². The highest BCUT2D eigenvalue weighted by molar-refractivity contribution is 5.86. The van der Waals surface area contributed by atoms with Crippen molar-refractivity contribution in [2.24, 2.45) is 5.92 Å². The predicted octanol–water partition coefficient (Wildman–Crippen LogP) is 0.672. The van der Waals surface area contributed by atoms with Crippen LogP contribution in [0.5, 0.6) is 0 Å². The van der Waals surface area contributed by atoms with E-state index in [4.69, 9.17) is 4.74 Å². The van der Waals surface area contributed by atoms with Crippen LogP contribution in [0.25, 0.3) is 0 Å². The number of rotatable bonds is 3. The molecule has 0 saturated carbocycles. The van der Waals surface area contributed by atoms with Crippen molar-refractivity contribution >= 4 is 12.0 Å². The predicted molar refractivity (Wildman–Crippen MR) is 64.3 cm³/mol. The summed E-state index contributed by atoms with van der Waals surface area (Å²) in [7, 11) is 0. The molecule has 0 aromatic heterocycles. The number of carbonyl (C=O) groups is 2. The van der Waals surface area contributed by atoms with Crippen molar-refractivity contribution < 1.29 is 19.4 Å². The summed E-state index contributed by atoms with van der Waals surface area (Å²) in [4.78, 5) is 25.1. The minimum atomic E-state index is -1.23. The lowest BCUT2D eigenvalue weighted by atomic mass is 9.99. The smallest absolute Gasteiger partial charge is 0.332 e. The van der Waals surface area contributed by atoms with E-state index >= 15 is 0 Å². The van der Waals surface area contributed by atoms with Crippen molar-refractivity contribution in [3.63, 3.8) is 0 Å². The number of nitrogens with one attached hydrogen (secondary N) is 1. The zero-order valence-electron chi connectivity index (χ0n) is 10.6. The number of carboxylic acids is 1. The van der Waals surface area contributed by atoms with E-state index in [-0.39, 0.29) is 12.6 Å². The van der Waals surface area contributed by atoms with Crippen LogP contribution in [0.3, 0.4) is 0 Å². The van der Waals surface area contributed by atoms with E-state index in [1.54, 1.807) is 4.90 Å². The lowest BCUT2D eigenvalue weighted by Gasteiger charge is -2.27. The first kappa shape index (κ1) is 13.1. The summed E-state index contributed by atoms with van der Waals surface area (Å²) in [6.45, 7) is 3.97. The Bertz CT molecular complexity index is 339. The molecule has 102 valence electrons. The molecule has 0 aromatic carbocycles. The second-order valence-electron chi connectivity index (χ2n) is 5.13. The van der Waals surface area contributed by atoms with Gasteiger partial charge in [-0.05, 0) is 12.3 Å². The van der Waals surface area contributed by atoms with Gasteiger partial charge in [0.2, 0.25) is 0 Å². The third kappa shape index (κ3) is 2.43. The maximum atomic E-state index is 12.1. The van der Waals surface area contributed by atoms with E-state index in [1.807, 2.05) is 0 Å². The molecular weight excluding hydrogens is 236 g/mol. The first-order valence-electron chi connectivity index (χ1n) is 6.45. The number of amides is 2. The number of ether oxygens (including phenoxy) is 1. The lowest BCUT2D eigenvalue weighted by molar-refractivity contribution is -0.144. The van der Waals surface area contributed by atoms with Crippen molar-refractivity contribution in [3.05, 3.63) is 0 Å². The van der Waals surface area contributed by atoms with Crippen molar-refractivity contribution in [1.82, 2.24) is 10.2 Å². The number of likely N-dealkylation sites (tertiary alicyclic amines) is 1. The highest BCUT2D eigenvalue weighted by Crippen LogP contribution is 2.22. The van der Waals surface area contributed by atoms with Crippen LogP contribution in [-0.2, 0) is 9.53 Å². The molecule has 6 nitrogen and oxygen atoms in total. The standard InChI is InChI=1S/C12H20N2O4/c1-2-9-3-5-14(7-9)11(17)13-12(10(15)16)4-6-18-8-12/h9H,2-8H2,1H3,(H,13,17)(H,15,16). The molecule has 2 saturated heterocycles. The molecular formula is C12H20N2O4. The fourth-order valence-electron chi connectivity index (χ4n) is 2.52. The van der Waals surface area contributed by atoms with Crippen LogP contribution in [0.15, 0.2) is 0 Å². The molecule has 6 heteroatoms. The molecule has 2 rings (SSSR count). The zero-order valence-corrected chi connectivity index (χ0v) is 10.6. The summed E-state index contributed by atoms with van der Waals surface area (Å²) in [6, 6.07) is -0.279. The molecule has 2 atom stereocenters. The van der Waals surface area contributed by atoms with Gasteiger partial charge in [0, 0.05) is 26.1 Å². The Morgan fingerprint density at radius 2 is 2.33 bits per heavy atom. The average Bonchev–Trinajstić information content (AvgIpc) is 2.97. The van der Waals surface area contributed by atoms with Gasteiger partial charge in [-0.15, -0.1) is 0 Å². The number of nitrogens with zero attached hydrogens (tertiary/aromatic N) is 1. The molecule has 2 amide bonds. The fraction of sp³-hybridized carbons (Fsp3) is 0.833. The number of carbonyl (C=O) groups excluding carboxylic acids is 1. The Labute approximate surface area is 106 Å². The van der Waals surface area contributed by atoms with Crippen LogP contribution in [-0.4, -0.2) is 53.8 Å². The van der Waals surface area contributed by atoms with Gasteiger partial charge >= 0.3 is 12.0 Å². The summed E-state index contributed by atoms with van der Waals surface area (Å²) in [5, 5.41) is 11.9. The van der Waals surface area contributed by atoms with Gasteiger partial charge in [0.25, 0.3) is 0 Å². The highest BCUT2D eigenvalue weighted by atomic mass is 16.5. The molecule has 0 radical (unpaired) electrons. The first-order valence-corrected chi connectivity index (χ1v) is 6.45. The molecule has 2 N–H and O–H groups in total. The van der Waals surface area contributed by atoms with Crippen LogP contribution in [0.1, 0.15) is 26.2 Å². The van der Waals surface area contributed by atoms with E-state index < -0.39 is 11.5 Å². The lowest BCUT2D eigenvalue weighted by Crippen LogP contribution is -2.58. The SMILES string of the molecule is CCC1CCN(C(=O)NC2(C(=O)O)CCOC2)C1. The molecule has 0 aromatic rings. The van der Waals surface area contributed by atoms with Crippen LogP contribution >= 0.6 is 0 Å². The molecule has 2 aliphatic rings. The fourth-order valence-corrected chi connectivity index (χ4v) is 2.52. The quantitative estimate of drug-likeness (QED) is 0.778. The highest BCUT2D eigenvalue weighted by Gasteiger charge is 2.45. The molecule has 0 spiro atoms. The van der Waals surface area contributed by atoms with E-state index in [0.29, 0.717) is 25.5 Å². The Morgan fingerprint density at radius 1 is 1.56 bits per heavy atom. The summed E-state index contributed by atoms with van der Waals surface area (Å²) in [6.07, 6.45) is 2.39. The monoisotopic (exact) mass is 256 g/mol. The molecule has 2 heterocycles. The van der Waals surface area contributed by atoms with Gasteiger partial charge in [0.1, 0.15) is 0 Å². The molecule has 0 bridgehead atoms. The van der Waals surface area contributed by atoms with Crippen molar-refractivity contribution in [2.45, 2.75) is 31.7 Å². The second kappa shape index (κ2) is 5.14. The van der Waals surface area contributed by atoms with Crippen LogP contribution in [0.4, 0.5) is 4.79 Å². The average molecular weight is 256 g/mol. The number of carboxylic acid groups (broad SMARTS) is 1. The summed E-state index contributed by atoms with van der Waals surface area (Å²) in [5.41, 5.74) is -1.23. The van der Waals surface area contributed by atoms with Crippen LogP contribution in [0, 0.1) is 5.92 Å². The molecule has 0 aliphatic carbocycles. The van der Waals surface area contributed by atoms with Gasteiger partial charge in [-0.2, -0.15) is 0 Å². The molecule has 2 aliphatic heterocycles. The van der Waals surface area contributed by atoms with Gasteiger partial charge in [0.15, 0.2) is 5.54 Å². The number of aliphatic carboxylic acids is 1. The molecule has 18 heavy (non-hydrogen) atoms. The van der Waals surface area contributed by atoms with Gasteiger partial charge in [-0.25, -0.2) is 9.59 Å². The minimum Gasteiger partial charge on any atom is -0.479 e. The van der Waals surface area contributed by atoms with Crippen LogP contribution < -0.4 is 5.32 Å². The molecule has 2 fully saturated rings. The maximum absolute atomic E-state index is 12.1. The number of hydrogen-bond donors (Lipinski definition) is 2. The third-order valence-electron chi connectivity index (χ3n) is 3.93. The Balaban J connectivity index is 1.96. The van der Waals surface area contributed by atoms with Gasteiger partial charge in [-0.1, -0.05) is 13.3 Å². The summed E-state index contributed by atoms with van der Waals surface area (Å²) in [5.74, 6) is -0.476. The summed E-state index contributed by atoms with van der Waals surface area (Å²) >= 11 is 0. The Kier molecular flexibility index (Phi) is 3.75. The van der Waals surface area contributed by atoms with Crippen molar-refractivity contribution in [3.8, 4) is 0 Å². The van der Waals surface area contributed by atoms with Crippen molar-refractivity contribution in [2.75, 3.05) is 26.3 Å². The molecule has 2 unspecified atom stereocenters. The largest absolute Gasteiger partial charge is 0.479 e. The van der Waals surface area contributed by atoms with Crippen LogP contribution in [0.2, 0.25) is 0 Å². The van der Waals surface area contributed by atoms with Crippen molar-refractivity contribution in [1.29, 1.82) is 0 Å². The first-order chi connectivity index (χ1) is 8.57. The normalized spacial score (nSPS) is 31.6. The van der Waals surface area contributed by atoms with E-state index in [0.717, 1.165) is 19.4 Å². The van der Waals surface area contributed by atoms with Gasteiger partial charge in [0.05, 0.1) is 6.61 Å². The summed E-state index contributed by atoms with van der Waals surface area (Å²) < 4.78 is 5.11. The van der Waals surface area contributed by atoms with Gasteiger partial charge < -0.3 is 20.1 Å². The zero-order chi connectivity index (χ0) is 13.2. The Hall–Kier alpha value is -1.30. The Morgan fingerprint density at radius 3 is 2.83 bits per heavy atom. The third-order valence-corrected chi connectivity index (χ3v) is 3.93. The number of hydrogen-bond acceptors (Lipinski definition) is 3. The minimum absolute atomic E-state index is 0.0547. The second-order valence-corrected chi connectivity index (χ2v) is 5.13. The topological polar surface area (TPSA) is 78.9 Å².